The van der Waals surface area contributed by atoms with Gasteiger partial charge >= 0.3 is 0 Å². The first kappa shape index (κ1) is 13.7. The monoisotopic (exact) mass is 308 g/mol. The van der Waals surface area contributed by atoms with Crippen LogP contribution in [0.25, 0.3) is 10.1 Å². The van der Waals surface area contributed by atoms with Gasteiger partial charge in [0.25, 0.3) is 5.91 Å². The van der Waals surface area contributed by atoms with Gasteiger partial charge in [0.05, 0.1) is 10.7 Å². The Morgan fingerprint density at radius 1 is 1.50 bits per heavy atom. The lowest BCUT2D eigenvalue weighted by Gasteiger charge is -2.24. The third-order valence-corrected chi connectivity index (χ3v) is 5.60. The molecule has 2 aromatic rings. The minimum atomic E-state index is -0.000772. The average molecular weight is 309 g/mol. The number of halogens is 1. The molecule has 1 aromatic heterocycles. The van der Waals surface area contributed by atoms with Gasteiger partial charge in [-0.05, 0) is 37.8 Å². The lowest BCUT2D eigenvalue weighted by Crippen LogP contribution is -2.36. The molecule has 3 nitrogen and oxygen atoms in total. The number of carbonyl (C=O) groups excluding carboxylic acids is 1. The average Bonchev–Trinajstić information content (AvgIpc) is 3.21. The van der Waals surface area contributed by atoms with E-state index in [0.29, 0.717) is 21.5 Å². The highest BCUT2D eigenvalue weighted by molar-refractivity contribution is 7.21. The Morgan fingerprint density at radius 2 is 2.20 bits per heavy atom. The fourth-order valence-corrected chi connectivity index (χ4v) is 3.99. The Bertz CT molecular complexity index is 678. The molecule has 20 heavy (non-hydrogen) atoms. The molecule has 1 fully saturated rings. The van der Waals surface area contributed by atoms with Crippen molar-refractivity contribution >= 4 is 44.6 Å². The van der Waals surface area contributed by atoms with Crippen molar-refractivity contribution in [1.29, 1.82) is 0 Å². The molecule has 1 amide bonds. The molecule has 0 aliphatic heterocycles. The Kier molecular flexibility index (Phi) is 3.38. The minimum absolute atomic E-state index is 0.000772. The highest BCUT2D eigenvalue weighted by Crippen LogP contribution is 2.40. The van der Waals surface area contributed by atoms with Gasteiger partial charge < -0.3 is 10.6 Å². The summed E-state index contributed by atoms with van der Waals surface area (Å²) in [4.78, 5) is 15.0. The lowest BCUT2D eigenvalue weighted by atomic mass is 10.1. The van der Waals surface area contributed by atoms with Crippen LogP contribution in [0.1, 0.15) is 29.4 Å². The van der Waals surface area contributed by atoms with E-state index in [-0.39, 0.29) is 11.9 Å². The number of rotatable bonds is 3. The molecular formula is C15H17ClN2OS. The van der Waals surface area contributed by atoms with Crippen LogP contribution in [-0.4, -0.2) is 23.9 Å². The van der Waals surface area contributed by atoms with Gasteiger partial charge in [0.15, 0.2) is 0 Å². The first-order chi connectivity index (χ1) is 9.50. The smallest absolute Gasteiger partial charge is 0.266 e. The molecule has 0 radical (unpaired) electrons. The van der Waals surface area contributed by atoms with Gasteiger partial charge in [-0.1, -0.05) is 17.7 Å². The summed E-state index contributed by atoms with van der Waals surface area (Å²) in [5, 5.41) is 1.41. The summed E-state index contributed by atoms with van der Waals surface area (Å²) < 4.78 is 0.964. The third-order valence-electron chi connectivity index (χ3n) is 4.13. The molecule has 1 aliphatic carbocycles. The van der Waals surface area contributed by atoms with Gasteiger partial charge in [0.1, 0.15) is 4.88 Å². The molecule has 1 aromatic carbocycles. The van der Waals surface area contributed by atoms with Gasteiger partial charge in [-0.3, -0.25) is 4.79 Å². The molecule has 106 valence electrons. The first-order valence-corrected chi connectivity index (χ1v) is 7.93. The van der Waals surface area contributed by atoms with Crippen LogP contribution in [0.3, 0.4) is 0 Å². The second-order valence-corrected chi connectivity index (χ2v) is 6.91. The molecule has 1 heterocycles. The number of nitrogens with zero attached hydrogens (tertiary/aromatic N) is 1. The topological polar surface area (TPSA) is 46.3 Å². The quantitative estimate of drug-likeness (QED) is 0.931. The van der Waals surface area contributed by atoms with Crippen molar-refractivity contribution in [2.24, 2.45) is 5.92 Å². The standard InChI is InChI=1S/C15H17ClN2OS/c1-8(9-6-7-9)18(2)15(19)14-13(17)12-10(16)4-3-5-11(12)20-14/h3-5,8-9H,6-7,17H2,1-2H3. The van der Waals surface area contributed by atoms with Crippen molar-refractivity contribution in [3.8, 4) is 0 Å². The summed E-state index contributed by atoms with van der Waals surface area (Å²) in [6.07, 6.45) is 2.43. The largest absolute Gasteiger partial charge is 0.397 e. The fraction of sp³-hybridized carbons (Fsp3) is 0.400. The fourth-order valence-electron chi connectivity index (χ4n) is 2.53. The van der Waals surface area contributed by atoms with Crippen LogP contribution >= 0.6 is 22.9 Å². The number of thiophene rings is 1. The zero-order chi connectivity index (χ0) is 14.4. The Hall–Kier alpha value is -1.26. The molecule has 1 atom stereocenters. The highest BCUT2D eigenvalue weighted by Gasteiger charge is 2.33. The highest BCUT2D eigenvalue weighted by atomic mass is 35.5. The van der Waals surface area contributed by atoms with Crippen molar-refractivity contribution in [3.63, 3.8) is 0 Å². The molecule has 5 heteroatoms. The van der Waals surface area contributed by atoms with Crippen LogP contribution in [0.2, 0.25) is 5.02 Å². The van der Waals surface area contributed by atoms with Gasteiger partial charge in [-0.15, -0.1) is 11.3 Å². The van der Waals surface area contributed by atoms with Crippen molar-refractivity contribution in [2.45, 2.75) is 25.8 Å². The van der Waals surface area contributed by atoms with E-state index in [1.165, 1.54) is 24.2 Å². The number of benzene rings is 1. The molecule has 1 unspecified atom stereocenters. The van der Waals surface area contributed by atoms with E-state index in [1.807, 2.05) is 24.1 Å². The van der Waals surface area contributed by atoms with Crippen LogP contribution < -0.4 is 5.73 Å². The number of hydrogen-bond donors (Lipinski definition) is 1. The van der Waals surface area contributed by atoms with Gasteiger partial charge in [0.2, 0.25) is 0 Å². The number of carbonyl (C=O) groups is 1. The number of fused-ring (bicyclic) bond motifs is 1. The normalized spacial score (nSPS) is 16.4. The zero-order valence-electron chi connectivity index (χ0n) is 11.5. The van der Waals surface area contributed by atoms with E-state index in [1.54, 1.807) is 6.07 Å². The van der Waals surface area contributed by atoms with Crippen molar-refractivity contribution in [1.82, 2.24) is 4.90 Å². The van der Waals surface area contributed by atoms with Gasteiger partial charge in [-0.25, -0.2) is 0 Å². The molecule has 1 saturated carbocycles. The van der Waals surface area contributed by atoms with E-state index in [9.17, 15) is 4.79 Å². The number of nitrogen functional groups attached to an aromatic ring is 1. The number of nitrogens with two attached hydrogens (primary N) is 1. The maximum absolute atomic E-state index is 12.6. The van der Waals surface area contributed by atoms with Crippen molar-refractivity contribution in [2.75, 3.05) is 12.8 Å². The SMILES string of the molecule is CC(C1CC1)N(C)C(=O)c1sc2cccc(Cl)c2c1N. The van der Waals surface area contributed by atoms with Crippen LogP contribution in [0.4, 0.5) is 5.69 Å². The summed E-state index contributed by atoms with van der Waals surface area (Å²) in [6.45, 7) is 2.10. The third kappa shape index (κ3) is 2.17. The van der Waals surface area contributed by atoms with Crippen LogP contribution in [0, 0.1) is 5.92 Å². The molecule has 0 saturated heterocycles. The first-order valence-electron chi connectivity index (χ1n) is 6.74. The summed E-state index contributed by atoms with van der Waals surface area (Å²) in [5.74, 6) is 0.641. The lowest BCUT2D eigenvalue weighted by molar-refractivity contribution is 0.0733. The predicted octanol–water partition coefficient (Wildman–Crippen LogP) is 4.01. The molecule has 0 bridgehead atoms. The summed E-state index contributed by atoms with van der Waals surface area (Å²) in [6, 6.07) is 5.90. The van der Waals surface area contributed by atoms with E-state index in [0.717, 1.165) is 10.1 Å². The van der Waals surface area contributed by atoms with Gasteiger partial charge in [0, 0.05) is 23.2 Å². The summed E-state index contributed by atoms with van der Waals surface area (Å²) in [7, 11) is 1.86. The predicted molar refractivity (Wildman–Crippen MR) is 85.5 cm³/mol. The molecular weight excluding hydrogens is 292 g/mol. The van der Waals surface area contributed by atoms with Crippen LogP contribution in [0.15, 0.2) is 18.2 Å². The Balaban J connectivity index is 1.99. The minimum Gasteiger partial charge on any atom is -0.397 e. The van der Waals surface area contributed by atoms with E-state index < -0.39 is 0 Å². The van der Waals surface area contributed by atoms with Crippen LogP contribution in [0.5, 0.6) is 0 Å². The van der Waals surface area contributed by atoms with Crippen LogP contribution in [-0.2, 0) is 0 Å². The maximum Gasteiger partial charge on any atom is 0.266 e. The second-order valence-electron chi connectivity index (χ2n) is 5.45. The zero-order valence-corrected chi connectivity index (χ0v) is 13.1. The van der Waals surface area contributed by atoms with Gasteiger partial charge in [-0.2, -0.15) is 0 Å². The van der Waals surface area contributed by atoms with Crippen molar-refractivity contribution < 1.29 is 4.79 Å². The molecule has 2 N–H and O–H groups in total. The summed E-state index contributed by atoms with van der Waals surface area (Å²) >= 11 is 7.61. The number of amides is 1. The Labute approximate surface area is 127 Å². The molecule has 3 rings (SSSR count). The molecule has 1 aliphatic rings. The summed E-state index contributed by atoms with van der Waals surface area (Å²) in [5.41, 5.74) is 6.66. The molecule has 0 spiro atoms. The number of hydrogen-bond acceptors (Lipinski definition) is 3. The maximum atomic E-state index is 12.6. The Morgan fingerprint density at radius 3 is 2.80 bits per heavy atom. The van der Waals surface area contributed by atoms with Crippen molar-refractivity contribution in [3.05, 3.63) is 28.1 Å². The number of anilines is 1. The van der Waals surface area contributed by atoms with E-state index >= 15 is 0 Å². The second kappa shape index (κ2) is 4.93. The van der Waals surface area contributed by atoms with E-state index in [4.69, 9.17) is 17.3 Å². The van der Waals surface area contributed by atoms with E-state index in [2.05, 4.69) is 6.92 Å².